The summed E-state index contributed by atoms with van der Waals surface area (Å²) in [5.41, 5.74) is 21.6. The summed E-state index contributed by atoms with van der Waals surface area (Å²) in [5.74, 6) is 0. The molecule has 1 atom stereocenters. The van der Waals surface area contributed by atoms with Gasteiger partial charge in [0, 0.05) is 40.4 Å². The molecule has 0 spiro atoms. The van der Waals surface area contributed by atoms with Crippen LogP contribution in [-0.4, -0.2) is 15.0 Å². The molecule has 5 heterocycles. The fourth-order valence-electron chi connectivity index (χ4n) is 6.33. The number of nitrogens with zero attached hydrogens (tertiary/aromatic N) is 3. The van der Waals surface area contributed by atoms with E-state index in [0.29, 0.717) is 0 Å². The van der Waals surface area contributed by atoms with E-state index in [0.717, 1.165) is 72.0 Å². The molecule has 0 saturated carbocycles. The van der Waals surface area contributed by atoms with Crippen LogP contribution in [-0.2, 0) is 0 Å². The van der Waals surface area contributed by atoms with Crippen LogP contribution < -0.4 is 21.7 Å². The SMILES string of the molecule is C1=CC(c2ccc(-c3cc4cccnc4c4ncccc34)cc2)Nc2cc(-c3ccc4ccc(C5=CNNN5)nc4c3)ccc21. The van der Waals surface area contributed by atoms with Gasteiger partial charge in [-0.25, -0.2) is 4.98 Å². The second kappa shape index (κ2) is 10.3. The van der Waals surface area contributed by atoms with Crippen LogP contribution in [0.15, 0.2) is 128 Å². The molecule has 4 N–H and O–H groups in total. The lowest BCUT2D eigenvalue weighted by atomic mass is 9.94. The number of rotatable bonds is 4. The van der Waals surface area contributed by atoms with Gasteiger partial charge in [0.2, 0.25) is 0 Å². The molecule has 7 heteroatoms. The van der Waals surface area contributed by atoms with Crippen molar-refractivity contribution in [3.05, 3.63) is 145 Å². The maximum Gasteiger partial charge on any atom is 0.0970 e. The second-order valence-electron chi connectivity index (χ2n) is 11.4. The molecule has 2 aliphatic heterocycles. The first kappa shape index (κ1) is 25.4. The molecule has 7 aromatic rings. The first-order valence-electron chi connectivity index (χ1n) is 15.0. The van der Waals surface area contributed by atoms with E-state index in [-0.39, 0.29) is 6.04 Å². The smallest absolute Gasteiger partial charge is 0.0970 e. The number of pyridine rings is 3. The predicted molar refractivity (Wildman–Crippen MR) is 182 cm³/mol. The second-order valence-corrected chi connectivity index (χ2v) is 11.4. The van der Waals surface area contributed by atoms with Gasteiger partial charge in [0.15, 0.2) is 0 Å². The fourth-order valence-corrected chi connectivity index (χ4v) is 6.33. The molecule has 1 unspecified atom stereocenters. The zero-order valence-corrected chi connectivity index (χ0v) is 24.1. The minimum atomic E-state index is 0.0660. The van der Waals surface area contributed by atoms with Crippen molar-refractivity contribution in [2.45, 2.75) is 6.04 Å². The fraction of sp³-hybridized carbons (Fsp3) is 0.0263. The Balaban J connectivity index is 1.01. The minimum Gasteiger partial charge on any atom is -0.374 e. The van der Waals surface area contributed by atoms with Crippen LogP contribution in [0, 0.1) is 0 Å². The largest absolute Gasteiger partial charge is 0.374 e. The van der Waals surface area contributed by atoms with Gasteiger partial charge in [-0.2, -0.15) is 5.53 Å². The molecule has 3 aromatic heterocycles. The highest BCUT2D eigenvalue weighted by Crippen LogP contribution is 2.37. The number of fused-ring (bicyclic) bond motifs is 5. The van der Waals surface area contributed by atoms with E-state index in [1.165, 1.54) is 11.1 Å². The van der Waals surface area contributed by atoms with Crippen molar-refractivity contribution >= 4 is 50.2 Å². The summed E-state index contributed by atoms with van der Waals surface area (Å²) in [6.07, 6.45) is 9.97. The molecule has 0 saturated heterocycles. The van der Waals surface area contributed by atoms with Crippen LogP contribution in [0.4, 0.5) is 5.69 Å². The molecular formula is C38H27N7. The average Bonchev–Trinajstić information content (AvgIpc) is 3.66. The Bertz CT molecular complexity index is 2340. The third-order valence-corrected chi connectivity index (χ3v) is 8.66. The Morgan fingerprint density at radius 2 is 1.47 bits per heavy atom. The Morgan fingerprint density at radius 3 is 2.36 bits per heavy atom. The summed E-state index contributed by atoms with van der Waals surface area (Å²) in [4.78, 5) is 14.2. The van der Waals surface area contributed by atoms with E-state index >= 15 is 0 Å². The summed E-state index contributed by atoms with van der Waals surface area (Å²) in [5, 5.41) is 7.07. The molecule has 7 nitrogen and oxygen atoms in total. The van der Waals surface area contributed by atoms with Crippen molar-refractivity contribution in [2.24, 2.45) is 0 Å². The van der Waals surface area contributed by atoms with Crippen molar-refractivity contribution in [2.75, 3.05) is 5.32 Å². The molecule has 9 rings (SSSR count). The Labute approximate surface area is 259 Å². The molecule has 0 aliphatic carbocycles. The van der Waals surface area contributed by atoms with E-state index in [2.05, 4.69) is 129 Å². The highest BCUT2D eigenvalue weighted by molar-refractivity contribution is 6.10. The Morgan fingerprint density at radius 1 is 0.667 bits per heavy atom. The van der Waals surface area contributed by atoms with E-state index in [1.807, 2.05) is 36.8 Å². The summed E-state index contributed by atoms with van der Waals surface area (Å²) >= 11 is 0. The lowest BCUT2D eigenvalue weighted by Crippen LogP contribution is -2.31. The number of benzene rings is 4. The van der Waals surface area contributed by atoms with Crippen LogP contribution in [0.5, 0.6) is 0 Å². The quantitative estimate of drug-likeness (QED) is 0.158. The topological polar surface area (TPSA) is 86.8 Å². The maximum atomic E-state index is 4.90. The van der Waals surface area contributed by atoms with Crippen LogP contribution in [0.3, 0.4) is 0 Å². The first-order valence-corrected chi connectivity index (χ1v) is 15.0. The van der Waals surface area contributed by atoms with Gasteiger partial charge in [-0.1, -0.05) is 78.9 Å². The summed E-state index contributed by atoms with van der Waals surface area (Å²) in [6.45, 7) is 0. The van der Waals surface area contributed by atoms with Gasteiger partial charge in [-0.3, -0.25) is 9.97 Å². The third kappa shape index (κ3) is 4.45. The molecule has 214 valence electrons. The van der Waals surface area contributed by atoms with Crippen LogP contribution >= 0.6 is 0 Å². The highest BCUT2D eigenvalue weighted by Gasteiger charge is 2.17. The molecule has 0 fully saturated rings. The van der Waals surface area contributed by atoms with Gasteiger partial charge in [0.25, 0.3) is 0 Å². The van der Waals surface area contributed by atoms with Gasteiger partial charge in [0.05, 0.1) is 34.0 Å². The van der Waals surface area contributed by atoms with Gasteiger partial charge in [0.1, 0.15) is 0 Å². The van der Waals surface area contributed by atoms with Gasteiger partial charge in [-0.05, 0) is 69.8 Å². The van der Waals surface area contributed by atoms with Crippen LogP contribution in [0.25, 0.3) is 66.7 Å². The normalized spacial score (nSPS) is 15.4. The lowest BCUT2D eigenvalue weighted by molar-refractivity contribution is 0.620. The molecule has 2 aliphatic rings. The number of anilines is 1. The minimum absolute atomic E-state index is 0.0660. The van der Waals surface area contributed by atoms with Gasteiger partial charge >= 0.3 is 0 Å². The molecule has 0 bridgehead atoms. The van der Waals surface area contributed by atoms with Crippen LogP contribution in [0.2, 0.25) is 0 Å². The zero-order valence-electron chi connectivity index (χ0n) is 24.1. The standard InChI is InChI=1S/C38H27N7/c1-3-29-19-31(30-4-2-18-40-38(30)37(29)39-17-1)23-5-7-24(8-6-23)32-15-13-25-9-11-27(20-34(25)42-32)28-12-10-26-14-16-33(43-35(26)21-28)36-22-41-45-44-36/h1-22,32,41-42,44-45H. The Hall–Kier alpha value is -6.05. The lowest BCUT2D eigenvalue weighted by Gasteiger charge is -2.24. The zero-order chi connectivity index (χ0) is 29.7. The number of hydrazine groups is 2. The number of hydrogen-bond donors (Lipinski definition) is 4. The molecule has 4 aromatic carbocycles. The van der Waals surface area contributed by atoms with Crippen LogP contribution in [0.1, 0.15) is 22.9 Å². The van der Waals surface area contributed by atoms with E-state index < -0.39 is 0 Å². The summed E-state index contributed by atoms with van der Waals surface area (Å²) in [7, 11) is 0. The predicted octanol–water partition coefficient (Wildman–Crippen LogP) is 7.76. The van der Waals surface area contributed by atoms with Crippen molar-refractivity contribution < 1.29 is 0 Å². The van der Waals surface area contributed by atoms with Crippen molar-refractivity contribution in [1.29, 1.82) is 0 Å². The van der Waals surface area contributed by atoms with Crippen molar-refractivity contribution in [3.8, 4) is 22.3 Å². The van der Waals surface area contributed by atoms with Gasteiger partial charge in [-0.15, -0.1) is 0 Å². The third-order valence-electron chi connectivity index (χ3n) is 8.66. The average molecular weight is 582 g/mol. The van der Waals surface area contributed by atoms with E-state index in [9.17, 15) is 0 Å². The first-order chi connectivity index (χ1) is 22.3. The Kier molecular flexibility index (Phi) is 5.82. The molecular weight excluding hydrogens is 554 g/mol. The molecule has 0 amide bonds. The van der Waals surface area contributed by atoms with E-state index in [4.69, 9.17) is 4.98 Å². The summed E-state index contributed by atoms with van der Waals surface area (Å²) in [6, 6.07) is 36.5. The summed E-state index contributed by atoms with van der Waals surface area (Å²) < 4.78 is 0. The number of nitrogens with one attached hydrogen (secondary N) is 4. The van der Waals surface area contributed by atoms with Crippen molar-refractivity contribution in [3.63, 3.8) is 0 Å². The molecule has 0 radical (unpaired) electrons. The van der Waals surface area contributed by atoms with Gasteiger partial charge < -0.3 is 16.2 Å². The van der Waals surface area contributed by atoms with Crippen molar-refractivity contribution in [1.82, 2.24) is 31.3 Å². The molecule has 45 heavy (non-hydrogen) atoms. The maximum absolute atomic E-state index is 4.90. The highest BCUT2D eigenvalue weighted by atomic mass is 15.6. The van der Waals surface area contributed by atoms with E-state index in [1.54, 1.807) is 0 Å². The monoisotopic (exact) mass is 581 g/mol. The number of aromatic nitrogens is 3. The number of hydrogen-bond acceptors (Lipinski definition) is 7.